The van der Waals surface area contributed by atoms with Crippen molar-refractivity contribution in [1.29, 1.82) is 0 Å². The second kappa shape index (κ2) is 6.29. The van der Waals surface area contributed by atoms with Gasteiger partial charge >= 0.3 is 6.18 Å². The SMILES string of the molecule is CC(=O)SCC=Cc1cc(C(F)(F)F)ccc1Cl. The van der Waals surface area contributed by atoms with Crippen LogP contribution in [0.4, 0.5) is 13.2 Å². The van der Waals surface area contributed by atoms with E-state index in [4.69, 9.17) is 11.6 Å². The first-order valence-corrected chi connectivity index (χ1v) is 6.33. The third-order valence-corrected chi connectivity index (χ3v) is 3.11. The van der Waals surface area contributed by atoms with E-state index < -0.39 is 11.7 Å². The lowest BCUT2D eigenvalue weighted by Crippen LogP contribution is -2.04. The molecule has 0 N–H and O–H groups in total. The number of alkyl halides is 3. The molecule has 0 saturated carbocycles. The number of hydrogen-bond donors (Lipinski definition) is 0. The number of halogens is 4. The first-order valence-electron chi connectivity index (χ1n) is 4.97. The zero-order valence-corrected chi connectivity index (χ0v) is 11.0. The molecule has 0 unspecified atom stereocenters. The summed E-state index contributed by atoms with van der Waals surface area (Å²) in [6.45, 7) is 1.43. The van der Waals surface area contributed by atoms with E-state index in [0.717, 1.165) is 23.9 Å². The van der Waals surface area contributed by atoms with Crippen LogP contribution in [0.1, 0.15) is 18.1 Å². The van der Waals surface area contributed by atoms with Gasteiger partial charge in [-0.1, -0.05) is 35.5 Å². The fraction of sp³-hybridized carbons (Fsp3) is 0.250. The van der Waals surface area contributed by atoms with Gasteiger partial charge < -0.3 is 0 Å². The summed E-state index contributed by atoms with van der Waals surface area (Å²) in [4.78, 5) is 10.7. The summed E-state index contributed by atoms with van der Waals surface area (Å²) >= 11 is 6.87. The highest BCUT2D eigenvalue weighted by Crippen LogP contribution is 2.32. The highest BCUT2D eigenvalue weighted by molar-refractivity contribution is 8.13. The molecule has 98 valence electrons. The van der Waals surface area contributed by atoms with Crippen LogP contribution < -0.4 is 0 Å². The summed E-state index contributed by atoms with van der Waals surface area (Å²) in [5.74, 6) is 0.405. The Morgan fingerprint density at radius 3 is 2.67 bits per heavy atom. The van der Waals surface area contributed by atoms with Crippen molar-refractivity contribution < 1.29 is 18.0 Å². The van der Waals surface area contributed by atoms with E-state index in [-0.39, 0.29) is 15.7 Å². The quantitative estimate of drug-likeness (QED) is 0.807. The summed E-state index contributed by atoms with van der Waals surface area (Å²) in [5.41, 5.74) is -0.457. The van der Waals surface area contributed by atoms with Gasteiger partial charge in [-0.15, -0.1) is 0 Å². The third-order valence-electron chi connectivity index (χ3n) is 2.00. The predicted molar refractivity (Wildman–Crippen MR) is 68.6 cm³/mol. The minimum absolute atomic E-state index is 0.0465. The van der Waals surface area contributed by atoms with E-state index in [0.29, 0.717) is 5.75 Å². The van der Waals surface area contributed by atoms with Crippen molar-refractivity contribution in [3.8, 4) is 0 Å². The molecule has 0 aliphatic carbocycles. The summed E-state index contributed by atoms with van der Waals surface area (Å²) in [5, 5.41) is 0.196. The molecular formula is C12H10ClF3OS. The van der Waals surface area contributed by atoms with Gasteiger partial charge in [0.25, 0.3) is 0 Å². The van der Waals surface area contributed by atoms with Crippen LogP contribution in [-0.2, 0) is 11.0 Å². The molecule has 0 aromatic heterocycles. The Morgan fingerprint density at radius 2 is 2.11 bits per heavy atom. The van der Waals surface area contributed by atoms with Crippen LogP contribution >= 0.6 is 23.4 Å². The minimum atomic E-state index is -4.39. The molecule has 0 aliphatic heterocycles. The average Bonchev–Trinajstić information content (AvgIpc) is 2.24. The molecular weight excluding hydrogens is 285 g/mol. The monoisotopic (exact) mass is 294 g/mol. The van der Waals surface area contributed by atoms with Gasteiger partial charge in [-0.05, 0) is 23.8 Å². The van der Waals surface area contributed by atoms with E-state index in [1.165, 1.54) is 19.1 Å². The smallest absolute Gasteiger partial charge is 0.288 e. The average molecular weight is 295 g/mol. The number of rotatable bonds is 3. The molecule has 1 aromatic rings. The Hall–Kier alpha value is -0.940. The van der Waals surface area contributed by atoms with Crippen molar-refractivity contribution in [2.75, 3.05) is 5.75 Å². The van der Waals surface area contributed by atoms with E-state index in [1.54, 1.807) is 6.08 Å². The minimum Gasteiger partial charge on any atom is -0.288 e. The summed E-state index contributed by atoms with van der Waals surface area (Å²) in [6, 6.07) is 3.13. The molecule has 0 aliphatic rings. The van der Waals surface area contributed by atoms with Crippen molar-refractivity contribution in [1.82, 2.24) is 0 Å². The normalized spacial score (nSPS) is 12.1. The van der Waals surface area contributed by atoms with Gasteiger partial charge in [0.1, 0.15) is 0 Å². The lowest BCUT2D eigenvalue weighted by Gasteiger charge is -2.08. The number of carbonyl (C=O) groups excluding carboxylic acids is 1. The topological polar surface area (TPSA) is 17.1 Å². The molecule has 0 saturated heterocycles. The Labute approximate surface area is 112 Å². The van der Waals surface area contributed by atoms with Crippen molar-refractivity contribution in [2.45, 2.75) is 13.1 Å². The third kappa shape index (κ3) is 4.74. The van der Waals surface area contributed by atoms with Crippen LogP contribution in [-0.4, -0.2) is 10.9 Å². The van der Waals surface area contributed by atoms with Gasteiger partial charge in [-0.3, -0.25) is 4.79 Å². The second-order valence-electron chi connectivity index (χ2n) is 3.44. The molecule has 0 atom stereocenters. The molecule has 0 spiro atoms. The van der Waals surface area contributed by atoms with E-state index in [9.17, 15) is 18.0 Å². The standard InChI is InChI=1S/C12H10ClF3OS/c1-8(17)18-6-2-3-9-7-10(12(14,15)16)4-5-11(9)13/h2-5,7H,6H2,1H3. The van der Waals surface area contributed by atoms with Gasteiger partial charge in [0.2, 0.25) is 0 Å². The fourth-order valence-electron chi connectivity index (χ4n) is 1.19. The Balaban J connectivity index is 2.85. The molecule has 0 fully saturated rings. The van der Waals surface area contributed by atoms with Gasteiger partial charge in [-0.2, -0.15) is 13.2 Å². The fourth-order valence-corrected chi connectivity index (χ4v) is 1.80. The van der Waals surface area contributed by atoms with Crippen molar-refractivity contribution in [3.05, 3.63) is 40.4 Å². The van der Waals surface area contributed by atoms with E-state index in [1.807, 2.05) is 0 Å². The maximum atomic E-state index is 12.5. The molecule has 18 heavy (non-hydrogen) atoms. The molecule has 0 heterocycles. The molecule has 0 amide bonds. The van der Waals surface area contributed by atoms with Gasteiger partial charge in [0, 0.05) is 17.7 Å². The van der Waals surface area contributed by atoms with Crippen molar-refractivity contribution in [2.24, 2.45) is 0 Å². The first kappa shape index (κ1) is 15.1. The largest absolute Gasteiger partial charge is 0.416 e. The zero-order chi connectivity index (χ0) is 13.8. The lowest BCUT2D eigenvalue weighted by atomic mass is 10.1. The van der Waals surface area contributed by atoms with Crippen LogP contribution in [0.2, 0.25) is 5.02 Å². The Bertz CT molecular complexity index is 469. The number of hydrogen-bond acceptors (Lipinski definition) is 2. The highest BCUT2D eigenvalue weighted by atomic mass is 35.5. The van der Waals surface area contributed by atoms with E-state index >= 15 is 0 Å². The Morgan fingerprint density at radius 1 is 1.44 bits per heavy atom. The summed E-state index contributed by atoms with van der Waals surface area (Å²) < 4.78 is 37.4. The van der Waals surface area contributed by atoms with Crippen LogP contribution in [0.3, 0.4) is 0 Å². The van der Waals surface area contributed by atoms with Gasteiger partial charge in [0.05, 0.1) is 5.56 Å². The van der Waals surface area contributed by atoms with E-state index in [2.05, 4.69) is 0 Å². The highest BCUT2D eigenvalue weighted by Gasteiger charge is 2.30. The van der Waals surface area contributed by atoms with Crippen LogP contribution in [0.25, 0.3) is 6.08 Å². The van der Waals surface area contributed by atoms with Crippen LogP contribution in [0.5, 0.6) is 0 Å². The van der Waals surface area contributed by atoms with Gasteiger partial charge in [0.15, 0.2) is 5.12 Å². The summed E-state index contributed by atoms with van der Waals surface area (Å²) in [7, 11) is 0. The van der Waals surface area contributed by atoms with Crippen LogP contribution in [0, 0.1) is 0 Å². The van der Waals surface area contributed by atoms with Crippen molar-refractivity contribution >= 4 is 34.6 Å². The van der Waals surface area contributed by atoms with Crippen molar-refractivity contribution in [3.63, 3.8) is 0 Å². The molecule has 6 heteroatoms. The molecule has 1 rings (SSSR count). The second-order valence-corrected chi connectivity index (χ2v) is 5.04. The summed E-state index contributed by atoms with van der Waals surface area (Å²) in [6.07, 6.45) is -1.30. The molecule has 1 nitrogen and oxygen atoms in total. The first-order chi connectivity index (χ1) is 8.30. The van der Waals surface area contributed by atoms with Crippen LogP contribution in [0.15, 0.2) is 24.3 Å². The predicted octanol–water partition coefficient (Wildman–Crippen LogP) is 4.65. The molecule has 0 radical (unpaired) electrons. The lowest BCUT2D eigenvalue weighted by molar-refractivity contribution is -0.137. The number of thioether (sulfide) groups is 1. The maximum absolute atomic E-state index is 12.5. The van der Waals surface area contributed by atoms with Gasteiger partial charge in [-0.25, -0.2) is 0 Å². The number of benzene rings is 1. The number of carbonyl (C=O) groups is 1. The Kier molecular flexibility index (Phi) is 5.28. The molecule has 1 aromatic carbocycles. The molecule has 0 bridgehead atoms. The zero-order valence-electron chi connectivity index (χ0n) is 9.42. The maximum Gasteiger partial charge on any atom is 0.416 e.